The molecule has 1 rings (SSSR count). The molecule has 0 saturated carbocycles. The van der Waals surface area contributed by atoms with Gasteiger partial charge in [0, 0.05) is 17.8 Å². The lowest BCUT2D eigenvalue weighted by Gasteiger charge is -2.20. The number of aromatic hydroxyl groups is 1. The molecule has 1 unspecified atom stereocenters. The van der Waals surface area contributed by atoms with Crippen molar-refractivity contribution in [3.05, 3.63) is 23.8 Å². The van der Waals surface area contributed by atoms with Crippen LogP contribution in [-0.2, 0) is 4.74 Å². The first-order valence-corrected chi connectivity index (χ1v) is 6.45. The molecule has 118 valence electrons. The molecule has 4 N–H and O–H groups in total. The van der Waals surface area contributed by atoms with Crippen molar-refractivity contribution in [1.82, 2.24) is 0 Å². The summed E-state index contributed by atoms with van der Waals surface area (Å²) in [6.07, 6.45) is -3.42. The molecule has 0 radical (unpaired) electrons. The topological polar surface area (TPSA) is 84.6 Å². The molecule has 1 aromatic carbocycles. The fraction of sp³-hybridized carbons (Fsp3) is 0.500. The van der Waals surface area contributed by atoms with Crippen molar-refractivity contribution in [1.29, 1.82) is 0 Å². The minimum atomic E-state index is -2.71. The first-order valence-electron chi connectivity index (χ1n) is 6.45. The van der Waals surface area contributed by atoms with Crippen LogP contribution in [0.3, 0.4) is 0 Å². The maximum Gasteiger partial charge on any atom is 0.412 e. The molecule has 0 bridgehead atoms. The molecular weight excluding hydrogens is 282 g/mol. The molecular formula is C14H20F2N2O3. The Labute approximate surface area is 122 Å². The smallest absolute Gasteiger partial charge is 0.412 e. The summed E-state index contributed by atoms with van der Waals surface area (Å²) in [5, 5.41) is 12.1. The normalized spacial score (nSPS) is 13.1. The molecule has 0 aliphatic heterocycles. The highest BCUT2D eigenvalue weighted by Gasteiger charge is 2.24. The van der Waals surface area contributed by atoms with Crippen LogP contribution in [0.1, 0.15) is 32.3 Å². The summed E-state index contributed by atoms with van der Waals surface area (Å²) in [7, 11) is 0. The van der Waals surface area contributed by atoms with Crippen molar-refractivity contribution < 1.29 is 23.4 Å². The second-order valence-electron chi connectivity index (χ2n) is 5.58. The number of nitrogens with one attached hydrogen (secondary N) is 1. The van der Waals surface area contributed by atoms with Crippen molar-refractivity contribution in [3.8, 4) is 5.75 Å². The van der Waals surface area contributed by atoms with Gasteiger partial charge in [-0.15, -0.1) is 0 Å². The third-order valence-electron chi connectivity index (χ3n) is 2.63. The number of hydrogen-bond acceptors (Lipinski definition) is 4. The van der Waals surface area contributed by atoms with Crippen LogP contribution < -0.4 is 11.1 Å². The lowest BCUT2D eigenvalue weighted by atomic mass is 9.98. The van der Waals surface area contributed by atoms with Crippen LogP contribution in [0, 0.1) is 0 Å². The zero-order valence-electron chi connectivity index (χ0n) is 12.2. The number of carbonyl (C=O) groups is 1. The average Bonchev–Trinajstić information content (AvgIpc) is 2.31. The van der Waals surface area contributed by atoms with Crippen molar-refractivity contribution in [2.24, 2.45) is 5.73 Å². The van der Waals surface area contributed by atoms with E-state index in [0.29, 0.717) is 0 Å². The Hall–Kier alpha value is -1.89. The highest BCUT2D eigenvalue weighted by atomic mass is 19.3. The van der Waals surface area contributed by atoms with E-state index in [1.54, 1.807) is 20.8 Å². The number of halogens is 2. The summed E-state index contributed by atoms with van der Waals surface area (Å²) in [4.78, 5) is 11.6. The third kappa shape index (κ3) is 5.18. The monoisotopic (exact) mass is 302 g/mol. The number of carbonyl (C=O) groups excluding carboxylic acids is 1. The molecule has 21 heavy (non-hydrogen) atoms. The molecule has 0 spiro atoms. The molecule has 7 heteroatoms. The van der Waals surface area contributed by atoms with E-state index < -0.39 is 24.0 Å². The summed E-state index contributed by atoms with van der Waals surface area (Å²) in [5.41, 5.74) is 4.87. The maximum atomic E-state index is 12.9. The Bertz CT molecular complexity index is 501. The lowest BCUT2D eigenvalue weighted by Crippen LogP contribution is -2.27. The number of nitrogens with two attached hydrogens (primary N) is 1. The Morgan fingerprint density at radius 2 is 2.05 bits per heavy atom. The maximum absolute atomic E-state index is 12.9. The quantitative estimate of drug-likeness (QED) is 0.746. The first-order chi connectivity index (χ1) is 9.64. The average molecular weight is 302 g/mol. The molecule has 1 atom stereocenters. The summed E-state index contributed by atoms with van der Waals surface area (Å²) in [5.74, 6) is -1.59. The van der Waals surface area contributed by atoms with Gasteiger partial charge in [0.05, 0.1) is 5.92 Å². The van der Waals surface area contributed by atoms with Gasteiger partial charge >= 0.3 is 6.09 Å². The minimum Gasteiger partial charge on any atom is -0.508 e. The van der Waals surface area contributed by atoms with Gasteiger partial charge in [0.15, 0.2) is 0 Å². The third-order valence-corrected chi connectivity index (χ3v) is 2.63. The second kappa shape index (κ2) is 6.71. The molecule has 0 aliphatic carbocycles. The van der Waals surface area contributed by atoms with Gasteiger partial charge in [-0.2, -0.15) is 0 Å². The van der Waals surface area contributed by atoms with Crippen LogP contribution in [0.25, 0.3) is 0 Å². The summed E-state index contributed by atoms with van der Waals surface area (Å²) >= 11 is 0. The van der Waals surface area contributed by atoms with E-state index in [1.165, 1.54) is 18.2 Å². The number of anilines is 1. The van der Waals surface area contributed by atoms with E-state index in [2.05, 4.69) is 5.32 Å². The predicted molar refractivity (Wildman–Crippen MR) is 75.8 cm³/mol. The number of alkyl halides is 2. The van der Waals surface area contributed by atoms with Crippen LogP contribution in [0.15, 0.2) is 18.2 Å². The molecule has 0 fully saturated rings. The standard InChI is InChI=1S/C14H20F2N2O3/c1-14(2,3)21-13(20)18-8-4-5-11(19)9(6-8)10(7-17)12(15)16/h4-6,10,12,19H,7,17H2,1-3H3,(H,18,20). The lowest BCUT2D eigenvalue weighted by molar-refractivity contribution is 0.0636. The van der Waals surface area contributed by atoms with E-state index in [-0.39, 0.29) is 23.5 Å². The Morgan fingerprint density at radius 1 is 1.43 bits per heavy atom. The molecule has 0 heterocycles. The van der Waals surface area contributed by atoms with Gasteiger partial charge in [0.25, 0.3) is 0 Å². The van der Waals surface area contributed by atoms with Gasteiger partial charge in [-0.3, -0.25) is 5.32 Å². The number of phenolic OH excluding ortho intramolecular Hbond substituents is 1. The summed E-state index contributed by atoms with van der Waals surface area (Å²) in [6, 6.07) is 3.89. The summed E-state index contributed by atoms with van der Waals surface area (Å²) in [6.45, 7) is 4.79. The Morgan fingerprint density at radius 3 is 2.52 bits per heavy atom. The molecule has 0 aromatic heterocycles. The van der Waals surface area contributed by atoms with Crippen LogP contribution >= 0.6 is 0 Å². The Balaban J connectivity index is 2.94. The van der Waals surface area contributed by atoms with Crippen LogP contribution in [0.2, 0.25) is 0 Å². The van der Waals surface area contributed by atoms with Crippen molar-refractivity contribution in [2.75, 3.05) is 11.9 Å². The van der Waals surface area contributed by atoms with Crippen LogP contribution in [-0.4, -0.2) is 29.8 Å². The summed E-state index contributed by atoms with van der Waals surface area (Å²) < 4.78 is 30.8. The second-order valence-corrected chi connectivity index (χ2v) is 5.58. The van der Waals surface area contributed by atoms with Gasteiger partial charge in [0.2, 0.25) is 6.43 Å². The number of amides is 1. The largest absolute Gasteiger partial charge is 0.508 e. The minimum absolute atomic E-state index is 0.0129. The van der Waals surface area contributed by atoms with Crippen molar-refractivity contribution in [3.63, 3.8) is 0 Å². The Kier molecular flexibility index (Phi) is 5.48. The number of ether oxygens (including phenoxy) is 1. The molecule has 1 amide bonds. The van der Waals surface area contributed by atoms with Gasteiger partial charge in [-0.25, -0.2) is 13.6 Å². The molecule has 0 aliphatic rings. The van der Waals surface area contributed by atoms with E-state index in [1.807, 2.05) is 0 Å². The SMILES string of the molecule is CC(C)(C)OC(=O)Nc1ccc(O)c(C(CN)C(F)F)c1. The predicted octanol–water partition coefficient (Wildman–Crippen LogP) is 3.05. The van der Waals surface area contributed by atoms with E-state index in [9.17, 15) is 18.7 Å². The zero-order valence-corrected chi connectivity index (χ0v) is 12.2. The fourth-order valence-corrected chi connectivity index (χ4v) is 1.72. The van der Waals surface area contributed by atoms with Gasteiger partial charge in [0.1, 0.15) is 11.4 Å². The zero-order chi connectivity index (χ0) is 16.2. The number of benzene rings is 1. The van der Waals surface area contributed by atoms with Gasteiger partial charge in [-0.05, 0) is 39.0 Å². The van der Waals surface area contributed by atoms with Crippen LogP contribution in [0.4, 0.5) is 19.3 Å². The van der Waals surface area contributed by atoms with Crippen molar-refractivity contribution in [2.45, 2.75) is 38.7 Å². The molecule has 1 aromatic rings. The highest BCUT2D eigenvalue weighted by molar-refractivity contribution is 5.85. The van der Waals surface area contributed by atoms with Gasteiger partial charge in [-0.1, -0.05) is 0 Å². The van der Waals surface area contributed by atoms with Gasteiger partial charge < -0.3 is 15.6 Å². The number of hydrogen-bond donors (Lipinski definition) is 3. The fourth-order valence-electron chi connectivity index (χ4n) is 1.72. The van der Waals surface area contributed by atoms with E-state index in [0.717, 1.165) is 0 Å². The highest BCUT2D eigenvalue weighted by Crippen LogP contribution is 2.32. The van der Waals surface area contributed by atoms with E-state index in [4.69, 9.17) is 10.5 Å². The van der Waals surface area contributed by atoms with Crippen LogP contribution in [0.5, 0.6) is 5.75 Å². The number of phenols is 1. The van der Waals surface area contributed by atoms with Crippen molar-refractivity contribution >= 4 is 11.8 Å². The van der Waals surface area contributed by atoms with E-state index >= 15 is 0 Å². The number of rotatable bonds is 4. The first kappa shape index (κ1) is 17.2. The molecule has 5 nitrogen and oxygen atoms in total. The molecule has 0 saturated heterocycles.